The average Bonchev–Trinajstić information content (AvgIpc) is 2.73. The molecule has 1 saturated heterocycles. The van der Waals surface area contributed by atoms with Crippen molar-refractivity contribution in [2.24, 2.45) is 5.92 Å². The summed E-state index contributed by atoms with van der Waals surface area (Å²) in [5, 5.41) is 0. The molecule has 3 rings (SSSR count). The minimum absolute atomic E-state index is 0.265. The van der Waals surface area contributed by atoms with Gasteiger partial charge in [-0.05, 0) is 37.5 Å². The van der Waals surface area contributed by atoms with Crippen LogP contribution in [0.15, 0.2) is 59.5 Å². The van der Waals surface area contributed by atoms with Gasteiger partial charge in [-0.1, -0.05) is 36.4 Å². The molecule has 146 valence electrons. The first-order chi connectivity index (χ1) is 13.6. The van der Waals surface area contributed by atoms with E-state index < -0.39 is 0 Å². The fraction of sp³-hybridized carbons (Fsp3) is 0.318. The van der Waals surface area contributed by atoms with Crippen LogP contribution in [0.5, 0.6) is 0 Å². The molecule has 0 bridgehead atoms. The second-order valence-electron chi connectivity index (χ2n) is 6.69. The van der Waals surface area contributed by atoms with Crippen molar-refractivity contribution in [3.63, 3.8) is 0 Å². The Kier molecular flexibility index (Phi) is 6.42. The highest BCUT2D eigenvalue weighted by molar-refractivity contribution is 6.18. The van der Waals surface area contributed by atoms with E-state index in [2.05, 4.69) is 0 Å². The molecule has 0 N–H and O–H groups in total. The summed E-state index contributed by atoms with van der Waals surface area (Å²) in [6.07, 6.45) is 4.71. The predicted molar refractivity (Wildman–Crippen MR) is 107 cm³/mol. The van der Waals surface area contributed by atoms with Crippen molar-refractivity contribution >= 4 is 23.6 Å². The third-order valence-electron chi connectivity index (χ3n) is 4.73. The summed E-state index contributed by atoms with van der Waals surface area (Å²) in [6, 6.07) is 14.2. The maximum absolute atomic E-state index is 13.3. The van der Waals surface area contributed by atoms with Crippen LogP contribution in [0, 0.1) is 5.92 Å². The van der Waals surface area contributed by atoms with Crippen molar-refractivity contribution in [3.8, 4) is 0 Å². The molecule has 28 heavy (non-hydrogen) atoms. The fourth-order valence-corrected chi connectivity index (χ4v) is 3.34. The number of likely N-dealkylation sites (tertiary alicyclic amines) is 1. The van der Waals surface area contributed by atoms with E-state index in [0.717, 1.165) is 12.0 Å². The molecule has 1 aromatic heterocycles. The summed E-state index contributed by atoms with van der Waals surface area (Å²) in [4.78, 5) is 39.5. The molecule has 1 aromatic carbocycles. The maximum atomic E-state index is 13.3. The van der Waals surface area contributed by atoms with Crippen molar-refractivity contribution in [1.82, 2.24) is 9.47 Å². The van der Waals surface area contributed by atoms with Crippen molar-refractivity contribution in [1.29, 1.82) is 0 Å². The zero-order valence-corrected chi connectivity index (χ0v) is 15.9. The smallest absolute Gasteiger partial charge is 0.310 e. The summed E-state index contributed by atoms with van der Waals surface area (Å²) >= 11 is 0. The molecule has 1 fully saturated rings. The number of hydrogen-bond donors (Lipinski definition) is 0. The van der Waals surface area contributed by atoms with E-state index in [0.29, 0.717) is 26.1 Å². The van der Waals surface area contributed by atoms with Gasteiger partial charge in [0.05, 0.1) is 12.5 Å². The number of hydrogen-bond acceptors (Lipinski definition) is 4. The molecule has 1 atom stereocenters. The Morgan fingerprint density at radius 1 is 1.14 bits per heavy atom. The number of carbonyl (C=O) groups excluding carboxylic acids is 2. The van der Waals surface area contributed by atoms with Crippen LogP contribution < -0.4 is 5.56 Å². The molecule has 6 heteroatoms. The van der Waals surface area contributed by atoms with Gasteiger partial charge in [-0.15, -0.1) is 0 Å². The predicted octanol–water partition coefficient (Wildman–Crippen LogP) is 2.65. The van der Waals surface area contributed by atoms with Gasteiger partial charge in [-0.2, -0.15) is 0 Å². The normalized spacial score (nSPS) is 17.2. The highest BCUT2D eigenvalue weighted by atomic mass is 16.5. The summed E-state index contributed by atoms with van der Waals surface area (Å²) in [6.45, 7) is 2.93. The van der Waals surface area contributed by atoms with Crippen LogP contribution >= 0.6 is 0 Å². The Hall–Kier alpha value is -3.15. The lowest BCUT2D eigenvalue weighted by Gasteiger charge is -2.32. The highest BCUT2D eigenvalue weighted by Gasteiger charge is 2.31. The Labute approximate surface area is 164 Å². The molecule has 0 saturated carbocycles. The number of ether oxygens (including phenoxy) is 1. The first kappa shape index (κ1) is 19.6. The number of nitrogens with zero attached hydrogens (tertiary/aromatic N) is 2. The molecule has 2 heterocycles. The topological polar surface area (TPSA) is 68.6 Å². The molecule has 1 unspecified atom stereocenters. The van der Waals surface area contributed by atoms with Crippen LogP contribution in [0.2, 0.25) is 0 Å². The molecular formula is C22H24N2O4. The third-order valence-corrected chi connectivity index (χ3v) is 4.73. The second-order valence-corrected chi connectivity index (χ2v) is 6.69. The summed E-state index contributed by atoms with van der Waals surface area (Å²) < 4.78 is 6.47. The quantitative estimate of drug-likeness (QED) is 0.591. The number of benzene rings is 1. The summed E-state index contributed by atoms with van der Waals surface area (Å²) in [5.41, 5.74) is 0.804. The molecule has 0 aliphatic carbocycles. The van der Waals surface area contributed by atoms with Gasteiger partial charge >= 0.3 is 5.97 Å². The number of esters is 1. The Morgan fingerprint density at radius 3 is 2.61 bits per heavy atom. The molecule has 2 aromatic rings. The standard InChI is InChI=1S/C22H24N2O4/c1-2-28-22(27)18-11-8-13-23(16-18)21(26)19(15-17-9-4-3-5-10-17)24-14-7-6-12-20(24)25/h3-7,9-10,12,14-15,18H,2,8,11,13,16H2,1H3/b19-15+. The summed E-state index contributed by atoms with van der Waals surface area (Å²) in [5.74, 6) is -0.875. The minimum atomic E-state index is -0.330. The van der Waals surface area contributed by atoms with E-state index in [1.165, 1.54) is 10.6 Å². The van der Waals surface area contributed by atoms with E-state index in [1.807, 2.05) is 30.3 Å². The van der Waals surface area contributed by atoms with Crippen molar-refractivity contribution < 1.29 is 14.3 Å². The molecule has 6 nitrogen and oxygen atoms in total. The molecule has 1 aliphatic rings. The lowest BCUT2D eigenvalue weighted by Crippen LogP contribution is -2.44. The second kappa shape index (κ2) is 9.17. The van der Waals surface area contributed by atoms with E-state index in [9.17, 15) is 14.4 Å². The van der Waals surface area contributed by atoms with Crippen LogP contribution in [-0.2, 0) is 14.3 Å². The van der Waals surface area contributed by atoms with Gasteiger partial charge in [0.1, 0.15) is 5.70 Å². The Balaban J connectivity index is 1.93. The van der Waals surface area contributed by atoms with Crippen molar-refractivity contribution in [3.05, 3.63) is 70.6 Å². The van der Waals surface area contributed by atoms with Gasteiger partial charge in [0.25, 0.3) is 11.5 Å². The van der Waals surface area contributed by atoms with E-state index in [-0.39, 0.29) is 29.1 Å². The SMILES string of the molecule is CCOC(=O)C1CCCN(C(=O)/C(=C\c2ccccc2)n2ccccc2=O)C1. The molecule has 1 amide bonds. The van der Waals surface area contributed by atoms with Gasteiger partial charge in [-0.3, -0.25) is 19.0 Å². The van der Waals surface area contributed by atoms with Gasteiger partial charge in [0.15, 0.2) is 0 Å². The average molecular weight is 380 g/mol. The van der Waals surface area contributed by atoms with Gasteiger partial charge in [0.2, 0.25) is 0 Å². The number of amides is 1. The van der Waals surface area contributed by atoms with E-state index in [4.69, 9.17) is 4.74 Å². The summed E-state index contributed by atoms with van der Waals surface area (Å²) in [7, 11) is 0. The lowest BCUT2D eigenvalue weighted by atomic mass is 9.98. The van der Waals surface area contributed by atoms with Crippen LogP contribution in [0.4, 0.5) is 0 Å². The van der Waals surface area contributed by atoms with Gasteiger partial charge in [-0.25, -0.2) is 0 Å². The number of pyridine rings is 1. The molecule has 0 radical (unpaired) electrons. The Morgan fingerprint density at radius 2 is 1.89 bits per heavy atom. The van der Waals surface area contributed by atoms with Crippen LogP contribution in [0.25, 0.3) is 11.8 Å². The lowest BCUT2D eigenvalue weighted by molar-refractivity contribution is -0.150. The van der Waals surface area contributed by atoms with Gasteiger partial charge in [0, 0.05) is 25.4 Å². The highest BCUT2D eigenvalue weighted by Crippen LogP contribution is 2.21. The zero-order valence-electron chi connectivity index (χ0n) is 15.9. The van der Waals surface area contributed by atoms with Crippen molar-refractivity contribution in [2.45, 2.75) is 19.8 Å². The maximum Gasteiger partial charge on any atom is 0.310 e. The number of aromatic nitrogens is 1. The molecular weight excluding hydrogens is 356 g/mol. The number of rotatable bonds is 5. The van der Waals surface area contributed by atoms with E-state index in [1.54, 1.807) is 36.2 Å². The minimum Gasteiger partial charge on any atom is -0.466 e. The van der Waals surface area contributed by atoms with Crippen LogP contribution in [0.1, 0.15) is 25.3 Å². The molecule has 1 aliphatic heterocycles. The largest absolute Gasteiger partial charge is 0.466 e. The first-order valence-electron chi connectivity index (χ1n) is 9.51. The zero-order chi connectivity index (χ0) is 19.9. The van der Waals surface area contributed by atoms with E-state index >= 15 is 0 Å². The Bertz CT molecular complexity index is 917. The third kappa shape index (κ3) is 4.57. The fourth-order valence-electron chi connectivity index (χ4n) is 3.34. The number of piperidine rings is 1. The molecule has 0 spiro atoms. The first-order valence-corrected chi connectivity index (χ1v) is 9.51. The van der Waals surface area contributed by atoms with Crippen LogP contribution in [0.3, 0.4) is 0 Å². The van der Waals surface area contributed by atoms with Crippen molar-refractivity contribution in [2.75, 3.05) is 19.7 Å². The van der Waals surface area contributed by atoms with Gasteiger partial charge < -0.3 is 9.64 Å². The number of carbonyl (C=O) groups is 2. The monoisotopic (exact) mass is 380 g/mol. The van der Waals surface area contributed by atoms with Crippen LogP contribution in [-0.4, -0.2) is 41.0 Å².